The van der Waals surface area contributed by atoms with Crippen LogP contribution in [-0.4, -0.2) is 96.7 Å². The molecule has 0 aliphatic rings. The Morgan fingerprint density at radius 3 is 0.750 bits per heavy atom. The van der Waals surface area contributed by atoms with Gasteiger partial charge in [0.2, 0.25) is 0 Å². The fraction of sp³-hybridized carbons (Fsp3) is 0.551. The second-order valence-corrected chi connectivity index (χ2v) is 28.4. The smallest absolute Gasteiger partial charge is 0.462 e. The summed E-state index contributed by atoms with van der Waals surface area (Å²) in [6.45, 7) is 4.19. The zero-order valence-corrected chi connectivity index (χ0v) is 68.0. The number of hydrogen-bond acceptors (Lipinski definition) is 15. The minimum atomic E-state index is -5.02. The molecule has 19 heteroatoms. The van der Waals surface area contributed by atoms with Gasteiger partial charge in [-0.2, -0.15) is 0 Å². The molecule has 17 nitrogen and oxygen atoms in total. The molecule has 606 valence electrons. The maximum Gasteiger partial charge on any atom is 0.472 e. The normalized spacial score (nSPS) is 15.0. The van der Waals surface area contributed by atoms with Crippen molar-refractivity contribution in [2.45, 2.75) is 277 Å². The lowest BCUT2D eigenvalue weighted by atomic mass is 10.1. The first-order valence-electron chi connectivity index (χ1n) is 40.0. The van der Waals surface area contributed by atoms with Crippen LogP contribution in [0, 0.1) is 0 Å². The topological polar surface area (TPSA) is 237 Å². The summed E-state index contributed by atoms with van der Waals surface area (Å²) in [6, 6.07) is 0. The highest BCUT2D eigenvalue weighted by atomic mass is 31.2. The van der Waals surface area contributed by atoms with Crippen LogP contribution in [-0.2, 0) is 65.4 Å². The van der Waals surface area contributed by atoms with E-state index in [1.807, 2.05) is 12.2 Å². The van der Waals surface area contributed by atoms with Crippen LogP contribution in [0.3, 0.4) is 0 Å². The van der Waals surface area contributed by atoms with Crippen LogP contribution in [0.25, 0.3) is 0 Å². The molecule has 0 rings (SSSR count). The molecule has 5 atom stereocenters. The van der Waals surface area contributed by atoms with Gasteiger partial charge in [0.05, 0.1) is 26.4 Å². The minimum Gasteiger partial charge on any atom is -0.462 e. The van der Waals surface area contributed by atoms with Crippen LogP contribution in [0.2, 0.25) is 0 Å². The van der Waals surface area contributed by atoms with Crippen molar-refractivity contribution in [3.05, 3.63) is 219 Å². The van der Waals surface area contributed by atoms with Crippen molar-refractivity contribution < 1.29 is 80.2 Å². The molecule has 5 unspecified atom stereocenters. The predicted octanol–water partition coefficient (Wildman–Crippen LogP) is 23.7. The first-order chi connectivity index (χ1) is 52.7. The molecule has 0 amide bonds. The highest BCUT2D eigenvalue weighted by Gasteiger charge is 2.30. The Hall–Kier alpha value is -6.62. The summed E-state index contributed by atoms with van der Waals surface area (Å²) in [6.07, 6.45) is 99.3. The number of hydrogen-bond donors (Lipinski definition) is 3. The van der Waals surface area contributed by atoms with Crippen LogP contribution < -0.4 is 0 Å². The van der Waals surface area contributed by atoms with E-state index in [2.05, 4.69) is 234 Å². The van der Waals surface area contributed by atoms with Gasteiger partial charge in [-0.1, -0.05) is 266 Å². The first-order valence-corrected chi connectivity index (χ1v) is 43.0. The van der Waals surface area contributed by atoms with Gasteiger partial charge < -0.3 is 33.8 Å². The molecule has 0 saturated carbocycles. The minimum absolute atomic E-state index is 0.00266. The van der Waals surface area contributed by atoms with Gasteiger partial charge in [0.1, 0.15) is 19.3 Å². The molecule has 0 aromatic heterocycles. The van der Waals surface area contributed by atoms with Crippen molar-refractivity contribution in [3.63, 3.8) is 0 Å². The van der Waals surface area contributed by atoms with Gasteiger partial charge in [-0.3, -0.25) is 37.3 Å². The number of phosphoric ester groups is 2. The standard InChI is InChI=1S/C89H138O17P2/c1-5-9-13-17-21-25-29-33-37-40-41-44-47-50-54-58-62-66-70-74-87(92)100-80-85(106-89(94)76-72-68-64-60-56-52-48-43-39-35-31-27-23-19-15-11-7-3)82-104-108(97,98)102-78-83(90)77-101-107(95,96)103-81-84(105-88(93)75-71-67-63-59-55-51-45-36-32-28-24-20-16-12-8-4)79-99-86(91)73-69-65-61-57-53-49-46-42-38-34-30-26-22-18-14-10-6-2/h9-16,21-28,33-39,41,44-46,48-50,52,54-55,59-60,64,83-85,90H,5-8,17-20,29-32,40,42-43,47,51,53,56-58,61-63,65-82H2,1-4H3,(H,95,96)(H,97,98)/b13-9-,14-10-,15-11-,16-12-,25-21-,26-22-,27-23-,28-24-,37-33-,38-34-,39-35-,44-41-,45-36-,49-46-,52-48-,54-50-,59-55-,64-60-. The van der Waals surface area contributed by atoms with Crippen molar-refractivity contribution >= 4 is 39.5 Å². The Bertz CT molecular complexity index is 2910. The lowest BCUT2D eigenvalue weighted by Crippen LogP contribution is -2.30. The number of unbranched alkanes of at least 4 members (excludes halogenated alkanes) is 10. The second kappa shape index (κ2) is 78.5. The molecular weight excluding hydrogens is 1400 g/mol. The number of esters is 4. The van der Waals surface area contributed by atoms with Crippen LogP contribution >= 0.6 is 15.6 Å². The number of ether oxygens (including phenoxy) is 4. The number of phosphoric acid groups is 2. The zero-order chi connectivity index (χ0) is 78.9. The number of aliphatic hydroxyl groups excluding tert-OH is 1. The fourth-order valence-electron chi connectivity index (χ4n) is 9.50. The largest absolute Gasteiger partial charge is 0.472 e. The third-order valence-corrected chi connectivity index (χ3v) is 17.3. The SMILES string of the molecule is CC/C=C\C/C=C\C/C=C\C/C=C\C/C=C\CCCCCC(=O)OCC(COP(=O)(O)OCC(O)COP(=O)(O)OCC(COC(=O)CCCCCC/C=C\C/C=C\C/C=C\C/C=C\CC)OC(=O)CCCC/C=C\C/C=C\C/C=C\C/C=C\CC)OC(=O)CCC/C=C\C/C=C\C/C=C\C/C=C\C/C=C\CC. The maximum absolute atomic E-state index is 13.1. The lowest BCUT2D eigenvalue weighted by molar-refractivity contribution is -0.161. The van der Waals surface area contributed by atoms with Gasteiger partial charge in [-0.05, 0) is 186 Å². The summed E-state index contributed by atoms with van der Waals surface area (Å²) in [7, 11) is -10.0. The van der Waals surface area contributed by atoms with Crippen molar-refractivity contribution in [2.24, 2.45) is 0 Å². The van der Waals surface area contributed by atoms with Crippen molar-refractivity contribution in [1.29, 1.82) is 0 Å². The molecule has 0 saturated heterocycles. The number of allylic oxidation sites excluding steroid dienone is 36. The fourth-order valence-corrected chi connectivity index (χ4v) is 11.1. The molecule has 0 heterocycles. The lowest BCUT2D eigenvalue weighted by Gasteiger charge is -2.21. The van der Waals surface area contributed by atoms with E-state index in [1.54, 1.807) is 0 Å². The number of aliphatic hydroxyl groups is 1. The number of carbonyl (C=O) groups excluding carboxylic acids is 4. The van der Waals surface area contributed by atoms with E-state index in [-0.39, 0.29) is 25.7 Å². The Morgan fingerprint density at radius 1 is 0.259 bits per heavy atom. The molecule has 0 bridgehead atoms. The summed E-state index contributed by atoms with van der Waals surface area (Å²) >= 11 is 0. The quantitative estimate of drug-likeness (QED) is 0.0169. The monoisotopic (exact) mass is 1540 g/mol. The van der Waals surface area contributed by atoms with Crippen LogP contribution in [0.1, 0.15) is 259 Å². The summed E-state index contributed by atoms with van der Waals surface area (Å²) in [5.41, 5.74) is 0. The van der Waals surface area contributed by atoms with Crippen LogP contribution in [0.4, 0.5) is 0 Å². The third kappa shape index (κ3) is 77.5. The van der Waals surface area contributed by atoms with E-state index in [4.69, 9.17) is 37.0 Å². The van der Waals surface area contributed by atoms with E-state index < -0.39 is 97.5 Å². The van der Waals surface area contributed by atoms with E-state index in [1.165, 1.54) is 0 Å². The molecule has 0 aromatic rings. The summed E-state index contributed by atoms with van der Waals surface area (Å²) < 4.78 is 68.5. The summed E-state index contributed by atoms with van der Waals surface area (Å²) in [4.78, 5) is 73.1. The highest BCUT2D eigenvalue weighted by molar-refractivity contribution is 7.47. The first kappa shape index (κ1) is 101. The number of carbonyl (C=O) groups is 4. The van der Waals surface area contributed by atoms with E-state index >= 15 is 0 Å². The molecule has 0 aromatic carbocycles. The highest BCUT2D eigenvalue weighted by Crippen LogP contribution is 2.45. The van der Waals surface area contributed by atoms with Crippen LogP contribution in [0.15, 0.2) is 219 Å². The maximum atomic E-state index is 13.1. The second-order valence-electron chi connectivity index (χ2n) is 25.5. The molecule has 0 aliphatic carbocycles. The Balaban J connectivity index is 5.55. The molecule has 0 aliphatic heterocycles. The van der Waals surface area contributed by atoms with Gasteiger partial charge in [0, 0.05) is 25.7 Å². The van der Waals surface area contributed by atoms with Gasteiger partial charge >= 0.3 is 39.5 Å². The molecule has 0 fully saturated rings. The average molecular weight is 1540 g/mol. The van der Waals surface area contributed by atoms with Gasteiger partial charge in [-0.15, -0.1) is 0 Å². The molecule has 108 heavy (non-hydrogen) atoms. The summed E-state index contributed by atoms with van der Waals surface area (Å²) in [5, 5.41) is 10.6. The molecular formula is C89H138O17P2. The Labute approximate surface area is 651 Å². The van der Waals surface area contributed by atoms with E-state index in [0.29, 0.717) is 38.5 Å². The predicted molar refractivity (Wildman–Crippen MR) is 445 cm³/mol. The Morgan fingerprint density at radius 2 is 0.463 bits per heavy atom. The van der Waals surface area contributed by atoms with Crippen molar-refractivity contribution in [3.8, 4) is 0 Å². The van der Waals surface area contributed by atoms with E-state index in [9.17, 15) is 43.2 Å². The average Bonchev–Trinajstić information content (AvgIpc) is 0.906. The van der Waals surface area contributed by atoms with E-state index in [0.717, 1.165) is 167 Å². The van der Waals surface area contributed by atoms with Crippen molar-refractivity contribution in [1.82, 2.24) is 0 Å². The van der Waals surface area contributed by atoms with Gasteiger partial charge in [0.15, 0.2) is 12.2 Å². The Kier molecular flexibility index (Phi) is 73.7. The van der Waals surface area contributed by atoms with Gasteiger partial charge in [-0.25, -0.2) is 9.13 Å². The van der Waals surface area contributed by atoms with Gasteiger partial charge in [0.25, 0.3) is 0 Å². The molecule has 3 N–H and O–H groups in total. The third-order valence-electron chi connectivity index (χ3n) is 15.4. The van der Waals surface area contributed by atoms with Crippen molar-refractivity contribution in [2.75, 3.05) is 39.6 Å². The summed E-state index contributed by atoms with van der Waals surface area (Å²) in [5.74, 6) is -2.39. The molecule has 0 radical (unpaired) electrons. The molecule has 0 spiro atoms. The van der Waals surface area contributed by atoms with Crippen LogP contribution in [0.5, 0.6) is 0 Å². The zero-order valence-electron chi connectivity index (χ0n) is 66.2. The number of rotatable bonds is 72.